The van der Waals surface area contributed by atoms with Crippen LogP contribution in [0.25, 0.3) is 0 Å². The molecule has 6 heteroatoms. The minimum Gasteiger partial charge on any atom is -0.480 e. The highest BCUT2D eigenvalue weighted by Gasteiger charge is 2.40. The first kappa shape index (κ1) is 10.9. The number of aliphatic carboxylic acids is 2. The predicted octanol–water partition coefficient (Wildman–Crippen LogP) is 0.481. The normalized spacial score (nSPS) is 24.7. The Balaban J connectivity index is 2.91. The van der Waals surface area contributed by atoms with Gasteiger partial charge >= 0.3 is 11.9 Å². The molecule has 0 spiro atoms. The van der Waals surface area contributed by atoms with E-state index >= 15 is 0 Å². The van der Waals surface area contributed by atoms with E-state index in [0.29, 0.717) is 0 Å². The molecule has 1 rings (SSSR count). The first-order valence-corrected chi connectivity index (χ1v) is 4.77. The molecule has 0 radical (unpaired) electrons. The Hall–Kier alpha value is -1.17. The molecule has 5 nitrogen and oxygen atoms in total. The Morgan fingerprint density at radius 1 is 1.50 bits per heavy atom. The number of carboxylic acid groups (broad SMARTS) is 2. The molecule has 0 amide bonds. The second kappa shape index (κ2) is 3.53. The van der Waals surface area contributed by atoms with E-state index in [2.05, 4.69) is 5.32 Å². The molecule has 14 heavy (non-hydrogen) atoms. The highest BCUT2D eigenvalue weighted by molar-refractivity contribution is 8.05. The zero-order valence-electron chi connectivity index (χ0n) is 7.77. The minimum absolute atomic E-state index is 0.132. The number of hydrogen-bond acceptors (Lipinski definition) is 4. The van der Waals surface area contributed by atoms with Crippen LogP contribution in [-0.2, 0) is 9.59 Å². The third-order valence-corrected chi connectivity index (χ3v) is 3.18. The fourth-order valence-corrected chi connectivity index (χ4v) is 2.27. The summed E-state index contributed by atoms with van der Waals surface area (Å²) in [6, 6.07) is -0.768. The molecule has 1 unspecified atom stereocenters. The molecule has 1 aliphatic rings. The monoisotopic (exact) mass is 217 g/mol. The SMILES string of the molecule is CC1(C)SC(C(=O)O)=CNC1C(=O)O. The number of rotatable bonds is 2. The molecule has 0 aliphatic carbocycles. The van der Waals surface area contributed by atoms with Crippen molar-refractivity contribution in [3.8, 4) is 0 Å². The molecule has 3 N–H and O–H groups in total. The first-order chi connectivity index (χ1) is 6.34. The number of thioether (sulfide) groups is 1. The number of hydrogen-bond donors (Lipinski definition) is 3. The van der Waals surface area contributed by atoms with Gasteiger partial charge in [0.15, 0.2) is 0 Å². The van der Waals surface area contributed by atoms with Crippen LogP contribution in [-0.4, -0.2) is 32.9 Å². The summed E-state index contributed by atoms with van der Waals surface area (Å²) < 4.78 is -0.672. The second-order valence-corrected chi connectivity index (χ2v) is 5.15. The topological polar surface area (TPSA) is 86.6 Å². The average Bonchev–Trinajstić information content (AvgIpc) is 2.01. The number of carbonyl (C=O) groups is 2. The van der Waals surface area contributed by atoms with Crippen LogP contribution in [0, 0.1) is 0 Å². The summed E-state index contributed by atoms with van der Waals surface area (Å²) in [4.78, 5) is 21.6. The van der Waals surface area contributed by atoms with Gasteiger partial charge < -0.3 is 15.5 Å². The maximum Gasteiger partial charge on any atom is 0.343 e. The third-order valence-electron chi connectivity index (χ3n) is 1.91. The molecular weight excluding hydrogens is 206 g/mol. The van der Waals surface area contributed by atoms with Gasteiger partial charge in [0.05, 0.1) is 0 Å². The van der Waals surface area contributed by atoms with Crippen molar-refractivity contribution in [2.45, 2.75) is 24.6 Å². The van der Waals surface area contributed by atoms with Crippen molar-refractivity contribution in [3.05, 3.63) is 11.1 Å². The van der Waals surface area contributed by atoms with E-state index in [0.717, 1.165) is 11.8 Å². The average molecular weight is 217 g/mol. The Morgan fingerprint density at radius 2 is 2.07 bits per heavy atom. The fraction of sp³-hybridized carbons (Fsp3) is 0.500. The lowest BCUT2D eigenvalue weighted by atomic mass is 10.0. The summed E-state index contributed by atoms with van der Waals surface area (Å²) in [5.74, 6) is -2.03. The summed E-state index contributed by atoms with van der Waals surface area (Å²) >= 11 is 1.05. The van der Waals surface area contributed by atoms with E-state index < -0.39 is 22.7 Å². The molecule has 1 heterocycles. The molecule has 0 saturated carbocycles. The van der Waals surface area contributed by atoms with Crippen LogP contribution < -0.4 is 5.32 Å². The summed E-state index contributed by atoms with van der Waals surface area (Å²) in [7, 11) is 0. The molecule has 0 bridgehead atoms. The van der Waals surface area contributed by atoms with Crippen molar-refractivity contribution in [3.63, 3.8) is 0 Å². The van der Waals surface area contributed by atoms with E-state index in [1.54, 1.807) is 13.8 Å². The van der Waals surface area contributed by atoms with E-state index in [1.165, 1.54) is 6.20 Å². The van der Waals surface area contributed by atoms with Crippen LogP contribution in [0.5, 0.6) is 0 Å². The fourth-order valence-electron chi connectivity index (χ4n) is 1.21. The molecule has 0 fully saturated rings. The molecule has 0 aromatic rings. The quantitative estimate of drug-likeness (QED) is 0.623. The molecular formula is C8H11NO4S. The summed E-state index contributed by atoms with van der Waals surface area (Å²) in [5, 5.41) is 20.1. The Morgan fingerprint density at radius 3 is 2.43 bits per heavy atom. The molecule has 0 aromatic carbocycles. The Bertz CT molecular complexity index is 310. The molecule has 78 valence electrons. The third kappa shape index (κ3) is 2.01. The zero-order chi connectivity index (χ0) is 10.9. The largest absolute Gasteiger partial charge is 0.480 e. The maximum absolute atomic E-state index is 10.8. The van der Waals surface area contributed by atoms with Crippen molar-refractivity contribution in [1.82, 2.24) is 5.32 Å². The van der Waals surface area contributed by atoms with Crippen LogP contribution in [0.1, 0.15) is 13.8 Å². The van der Waals surface area contributed by atoms with Gasteiger partial charge in [0.25, 0.3) is 0 Å². The van der Waals surface area contributed by atoms with Gasteiger partial charge in [-0.05, 0) is 13.8 Å². The van der Waals surface area contributed by atoms with E-state index in [4.69, 9.17) is 10.2 Å². The maximum atomic E-state index is 10.8. The first-order valence-electron chi connectivity index (χ1n) is 3.96. The van der Waals surface area contributed by atoms with E-state index in [-0.39, 0.29) is 4.91 Å². The summed E-state index contributed by atoms with van der Waals surface area (Å²) in [6.07, 6.45) is 1.23. The van der Waals surface area contributed by atoms with Gasteiger partial charge in [0.1, 0.15) is 10.9 Å². The van der Waals surface area contributed by atoms with Crippen LogP contribution in [0.15, 0.2) is 11.1 Å². The van der Waals surface area contributed by atoms with E-state index in [9.17, 15) is 9.59 Å². The van der Waals surface area contributed by atoms with Crippen LogP contribution in [0.4, 0.5) is 0 Å². The summed E-state index contributed by atoms with van der Waals surface area (Å²) in [5.41, 5.74) is 0. The van der Waals surface area contributed by atoms with Crippen LogP contribution >= 0.6 is 11.8 Å². The number of carboxylic acids is 2. The van der Waals surface area contributed by atoms with Gasteiger partial charge in [-0.3, -0.25) is 0 Å². The standard InChI is InChI=1S/C8H11NO4S/c1-8(2)5(7(12)13)9-3-4(14-8)6(10)11/h3,5,9H,1-2H3,(H,10,11)(H,12,13). The second-order valence-electron chi connectivity index (χ2n) is 3.46. The lowest BCUT2D eigenvalue weighted by Gasteiger charge is -2.34. The minimum atomic E-state index is -1.04. The van der Waals surface area contributed by atoms with Gasteiger partial charge in [-0.1, -0.05) is 0 Å². The van der Waals surface area contributed by atoms with Gasteiger partial charge in [-0.25, -0.2) is 9.59 Å². The van der Waals surface area contributed by atoms with Crippen molar-refractivity contribution in [1.29, 1.82) is 0 Å². The van der Waals surface area contributed by atoms with Crippen molar-refractivity contribution in [2.75, 3.05) is 0 Å². The molecule has 1 atom stereocenters. The van der Waals surface area contributed by atoms with Gasteiger partial charge in [-0.2, -0.15) is 0 Å². The molecule has 1 aliphatic heterocycles. The van der Waals surface area contributed by atoms with Crippen molar-refractivity contribution in [2.24, 2.45) is 0 Å². The Kier molecular flexibility index (Phi) is 2.75. The smallest absolute Gasteiger partial charge is 0.343 e. The highest BCUT2D eigenvalue weighted by atomic mass is 32.2. The number of nitrogens with one attached hydrogen (secondary N) is 1. The van der Waals surface area contributed by atoms with Gasteiger partial charge in [0.2, 0.25) is 0 Å². The predicted molar refractivity (Wildman–Crippen MR) is 51.9 cm³/mol. The molecule has 0 aromatic heterocycles. The highest BCUT2D eigenvalue weighted by Crippen LogP contribution is 2.37. The van der Waals surface area contributed by atoms with Gasteiger partial charge in [-0.15, -0.1) is 11.8 Å². The van der Waals surface area contributed by atoms with E-state index in [1.807, 2.05) is 0 Å². The van der Waals surface area contributed by atoms with Crippen LogP contribution in [0.3, 0.4) is 0 Å². The van der Waals surface area contributed by atoms with Crippen LogP contribution in [0.2, 0.25) is 0 Å². The lowest BCUT2D eigenvalue weighted by molar-refractivity contribution is -0.140. The van der Waals surface area contributed by atoms with Crippen molar-refractivity contribution >= 4 is 23.7 Å². The van der Waals surface area contributed by atoms with Crippen molar-refractivity contribution < 1.29 is 19.8 Å². The molecule has 0 saturated heterocycles. The Labute approximate surface area is 85.2 Å². The summed E-state index contributed by atoms with van der Waals surface area (Å²) in [6.45, 7) is 3.39. The lowest BCUT2D eigenvalue weighted by Crippen LogP contribution is -2.50. The zero-order valence-corrected chi connectivity index (χ0v) is 8.59. The van der Waals surface area contributed by atoms with Gasteiger partial charge in [0, 0.05) is 10.9 Å².